The fraction of sp³-hybridized carbons (Fsp3) is 0.579. The Morgan fingerprint density at radius 3 is 2.43 bits per heavy atom. The summed E-state index contributed by atoms with van der Waals surface area (Å²) in [7, 11) is -2.41. The van der Waals surface area contributed by atoms with Crippen LogP contribution in [-0.4, -0.2) is 102 Å². The van der Waals surface area contributed by atoms with Crippen LogP contribution in [0.3, 0.4) is 0 Å². The van der Waals surface area contributed by atoms with Crippen LogP contribution in [0.2, 0.25) is 0 Å². The normalized spacial score (nSPS) is 23.8. The zero-order valence-electron chi connectivity index (χ0n) is 31.2. The molecule has 0 bridgehead atoms. The highest BCUT2D eigenvalue weighted by Gasteiger charge is 2.61. The van der Waals surface area contributed by atoms with Gasteiger partial charge in [-0.15, -0.1) is 6.58 Å². The minimum atomic E-state index is -3.92. The van der Waals surface area contributed by atoms with E-state index in [-0.39, 0.29) is 51.9 Å². The van der Waals surface area contributed by atoms with Crippen LogP contribution in [-0.2, 0) is 56.6 Å². The van der Waals surface area contributed by atoms with Crippen molar-refractivity contribution >= 4 is 45.6 Å². The van der Waals surface area contributed by atoms with E-state index in [4.69, 9.17) is 9.47 Å². The molecule has 1 aromatic rings. The van der Waals surface area contributed by atoms with Gasteiger partial charge >= 0.3 is 12.1 Å². The minimum absolute atomic E-state index is 0.0114. The summed E-state index contributed by atoms with van der Waals surface area (Å²) < 4.78 is 53.3. The van der Waals surface area contributed by atoms with Crippen LogP contribution >= 0.6 is 0 Å². The minimum Gasteiger partial charge on any atom is -0.460 e. The maximum Gasteiger partial charge on any atom is 0.410 e. The van der Waals surface area contributed by atoms with Crippen LogP contribution in [0.15, 0.2) is 43.5 Å². The number of carbonyl (C=O) groups excluding carboxylic acids is 6. The van der Waals surface area contributed by atoms with Crippen LogP contribution < -0.4 is 4.72 Å². The summed E-state index contributed by atoms with van der Waals surface area (Å²) in [5.74, 6) is -5.10. The highest BCUT2D eigenvalue weighted by Crippen LogP contribution is 2.57. The predicted octanol–water partition coefficient (Wildman–Crippen LogP) is 3.39. The number of hydrogen-bond acceptors (Lipinski definition) is 10. The first-order valence-electron chi connectivity index (χ1n) is 18.1. The summed E-state index contributed by atoms with van der Waals surface area (Å²) in [6, 6.07) is 3.34. The molecule has 4 amide bonds. The van der Waals surface area contributed by atoms with Gasteiger partial charge in [-0.1, -0.05) is 24.8 Å². The van der Waals surface area contributed by atoms with Crippen molar-refractivity contribution in [3.05, 3.63) is 60.5 Å². The Balaban J connectivity index is 1.39. The van der Waals surface area contributed by atoms with Gasteiger partial charge < -0.3 is 19.3 Å². The first-order chi connectivity index (χ1) is 25.3. The summed E-state index contributed by atoms with van der Waals surface area (Å²) in [5, 5.41) is -0.670. The van der Waals surface area contributed by atoms with Gasteiger partial charge in [-0.3, -0.25) is 33.6 Å². The number of ketones is 1. The average Bonchev–Trinajstić information content (AvgIpc) is 3.99. The second-order valence-electron chi connectivity index (χ2n) is 15.7. The molecule has 16 heteroatoms. The summed E-state index contributed by atoms with van der Waals surface area (Å²) in [5.41, 5.74) is -1.28. The molecule has 0 aromatic heterocycles. The summed E-state index contributed by atoms with van der Waals surface area (Å²) in [6.07, 6.45) is 0.937. The number of esters is 1. The quantitative estimate of drug-likeness (QED) is 0.158. The largest absolute Gasteiger partial charge is 0.460 e. The third kappa shape index (κ3) is 9.19. The molecular formula is C38H49FN4O10S. The molecular weight excluding hydrogens is 724 g/mol. The van der Waals surface area contributed by atoms with Gasteiger partial charge in [0.1, 0.15) is 17.5 Å². The number of nitrogens with one attached hydrogen (secondary N) is 1. The van der Waals surface area contributed by atoms with E-state index >= 15 is 0 Å². The number of likely N-dealkylation sites (N-methyl/N-ethyl adjacent to an activating group) is 1. The number of fused-ring (bicyclic) bond motifs is 1. The van der Waals surface area contributed by atoms with Gasteiger partial charge in [0.2, 0.25) is 27.7 Å². The van der Waals surface area contributed by atoms with Crippen LogP contribution in [0.25, 0.3) is 0 Å². The van der Waals surface area contributed by atoms with Crippen molar-refractivity contribution in [2.45, 2.75) is 102 Å². The standard InChI is InChI=1S/C38H49FN4O10S/c1-7-25-18-38(25,35(48)40-54(50,51)27-12-13-27)19-31(44)30-17-26(52-36(49)42-20-24-10-9-11-29(39)28(24)22-42)21-43(30)34(47)23(14-15-41(6)32(45)8-2)16-33(46)53-37(3,4)5/h7-11,23,25-27,30H,1-2,12-22H2,3-6H3,(H,40,48)/t23-,25-,26-,30+,38?/m1/s1. The number of ether oxygens (including phenoxy) is 2. The number of amides is 4. The van der Waals surface area contributed by atoms with Crippen molar-refractivity contribution in [1.29, 1.82) is 0 Å². The van der Waals surface area contributed by atoms with Crippen LogP contribution in [0.4, 0.5) is 9.18 Å². The lowest BCUT2D eigenvalue weighted by Gasteiger charge is -2.30. The third-order valence-electron chi connectivity index (χ3n) is 10.5. The van der Waals surface area contributed by atoms with Gasteiger partial charge in [0.15, 0.2) is 5.78 Å². The predicted molar refractivity (Wildman–Crippen MR) is 193 cm³/mol. The van der Waals surface area contributed by atoms with E-state index in [0.29, 0.717) is 24.0 Å². The van der Waals surface area contributed by atoms with E-state index in [1.807, 2.05) is 0 Å². The second-order valence-corrected chi connectivity index (χ2v) is 17.7. The number of carbonyl (C=O) groups is 6. The van der Waals surface area contributed by atoms with Crippen LogP contribution in [0.1, 0.15) is 76.8 Å². The van der Waals surface area contributed by atoms with Crippen LogP contribution in [0, 0.1) is 23.1 Å². The molecule has 2 saturated carbocycles. The Morgan fingerprint density at radius 2 is 1.83 bits per heavy atom. The fourth-order valence-corrected chi connectivity index (χ4v) is 8.60. The third-order valence-corrected chi connectivity index (χ3v) is 12.3. The molecule has 1 unspecified atom stereocenters. The molecule has 1 saturated heterocycles. The lowest BCUT2D eigenvalue weighted by Crippen LogP contribution is -2.47. The lowest BCUT2D eigenvalue weighted by atomic mass is 9.91. The molecule has 294 valence electrons. The van der Waals surface area contributed by atoms with Gasteiger partial charge in [0, 0.05) is 38.5 Å². The van der Waals surface area contributed by atoms with Crippen molar-refractivity contribution in [3.8, 4) is 0 Å². The summed E-state index contributed by atoms with van der Waals surface area (Å²) in [6.45, 7) is 12.2. The Morgan fingerprint density at radius 1 is 1.13 bits per heavy atom. The molecule has 3 fully saturated rings. The molecule has 5 rings (SSSR count). The molecule has 2 aliphatic heterocycles. The number of Topliss-reactive ketones (excluding diaryl/α,β-unsaturated/α-hetero) is 1. The van der Waals surface area contributed by atoms with Crippen molar-refractivity contribution in [2.75, 3.05) is 20.1 Å². The van der Waals surface area contributed by atoms with Crippen molar-refractivity contribution in [1.82, 2.24) is 19.4 Å². The molecule has 4 aliphatic rings. The number of hydrogen-bond donors (Lipinski definition) is 1. The van der Waals surface area contributed by atoms with E-state index < -0.39 is 98.1 Å². The first-order valence-corrected chi connectivity index (χ1v) is 19.7. The fourth-order valence-electron chi connectivity index (χ4n) is 7.21. The molecule has 0 spiro atoms. The Hall–Kier alpha value is -4.60. The lowest BCUT2D eigenvalue weighted by molar-refractivity contribution is -0.159. The molecule has 1 N–H and O–H groups in total. The number of benzene rings is 1. The number of allylic oxidation sites excluding steroid dienone is 1. The number of sulfonamides is 1. The van der Waals surface area contributed by atoms with E-state index in [2.05, 4.69) is 17.9 Å². The smallest absolute Gasteiger partial charge is 0.410 e. The highest BCUT2D eigenvalue weighted by atomic mass is 32.2. The number of halogens is 1. The maximum atomic E-state index is 14.5. The van der Waals surface area contributed by atoms with Crippen LogP contribution in [0.5, 0.6) is 0 Å². The first kappa shape index (κ1) is 40.6. The molecule has 54 heavy (non-hydrogen) atoms. The zero-order valence-corrected chi connectivity index (χ0v) is 32.0. The summed E-state index contributed by atoms with van der Waals surface area (Å²) in [4.78, 5) is 84.8. The van der Waals surface area contributed by atoms with Crippen molar-refractivity contribution in [2.24, 2.45) is 17.3 Å². The van der Waals surface area contributed by atoms with Gasteiger partial charge in [-0.2, -0.15) is 0 Å². The van der Waals surface area contributed by atoms with E-state index in [0.717, 1.165) is 6.08 Å². The Bertz CT molecular complexity index is 1840. The van der Waals surface area contributed by atoms with Gasteiger partial charge in [0.05, 0.1) is 42.1 Å². The molecule has 2 heterocycles. The molecule has 2 aliphatic carbocycles. The number of rotatable bonds is 15. The molecule has 14 nitrogen and oxygen atoms in total. The van der Waals surface area contributed by atoms with E-state index in [1.165, 1.54) is 33.9 Å². The second kappa shape index (κ2) is 15.6. The van der Waals surface area contributed by atoms with Crippen molar-refractivity contribution in [3.63, 3.8) is 0 Å². The topological polar surface area (TPSA) is 177 Å². The molecule has 5 atom stereocenters. The summed E-state index contributed by atoms with van der Waals surface area (Å²) >= 11 is 0. The Kier molecular flexibility index (Phi) is 11.7. The number of likely N-dealkylation sites (tertiary alicyclic amines) is 1. The molecule has 0 radical (unpaired) electrons. The highest BCUT2D eigenvalue weighted by molar-refractivity contribution is 7.90. The van der Waals surface area contributed by atoms with E-state index in [1.54, 1.807) is 32.9 Å². The number of nitrogens with zero attached hydrogens (tertiary/aromatic N) is 3. The van der Waals surface area contributed by atoms with Gasteiger partial charge in [0.25, 0.3) is 0 Å². The zero-order chi connectivity index (χ0) is 39.7. The molecule has 1 aromatic carbocycles. The average molecular weight is 773 g/mol. The SMILES string of the molecule is C=CC(=O)N(C)CC[C@H](CC(=O)OC(C)(C)C)C(=O)N1C[C@H](OC(=O)N2Cc3cccc(F)c3C2)C[C@H]1C(=O)CC1(C(=O)NS(=O)(=O)C2CC2)C[C@H]1C=C. The maximum absolute atomic E-state index is 14.5. The van der Waals surface area contributed by atoms with Gasteiger partial charge in [-0.05, 0) is 70.1 Å². The van der Waals surface area contributed by atoms with Crippen molar-refractivity contribution < 1.29 is 51.0 Å². The monoisotopic (exact) mass is 772 g/mol. The Labute approximate surface area is 315 Å². The van der Waals surface area contributed by atoms with E-state index in [9.17, 15) is 41.6 Å². The van der Waals surface area contributed by atoms with Gasteiger partial charge in [-0.25, -0.2) is 17.6 Å².